The van der Waals surface area contributed by atoms with Crippen molar-refractivity contribution in [3.63, 3.8) is 0 Å². The highest BCUT2D eigenvalue weighted by molar-refractivity contribution is 7.92. The predicted octanol–water partition coefficient (Wildman–Crippen LogP) is 1.86. The first-order chi connectivity index (χ1) is 9.85. The van der Waals surface area contributed by atoms with E-state index in [9.17, 15) is 8.42 Å². The molecule has 2 rings (SSSR count). The Morgan fingerprint density at radius 1 is 1.24 bits per heavy atom. The number of nitrogens with one attached hydrogen (secondary N) is 3. The average molecular weight is 308 g/mol. The minimum absolute atomic E-state index is 0.248. The normalized spacial score (nSPS) is 11.6. The fraction of sp³-hybridized carbons (Fsp3) is 0.357. The van der Waals surface area contributed by atoms with E-state index in [2.05, 4.69) is 20.2 Å². The molecule has 0 saturated heterocycles. The van der Waals surface area contributed by atoms with Crippen LogP contribution in [0, 0.1) is 20.8 Å². The Bertz CT molecular complexity index is 731. The van der Waals surface area contributed by atoms with Crippen LogP contribution in [0.3, 0.4) is 0 Å². The van der Waals surface area contributed by atoms with Gasteiger partial charge in [-0.05, 0) is 51.1 Å². The number of rotatable bonds is 5. The smallest absolute Gasteiger partial charge is 0.262 e. The first-order valence-electron chi connectivity index (χ1n) is 6.63. The summed E-state index contributed by atoms with van der Waals surface area (Å²) in [6.45, 7) is 6.11. The van der Waals surface area contributed by atoms with Crippen LogP contribution in [0.25, 0.3) is 0 Å². The van der Waals surface area contributed by atoms with Gasteiger partial charge in [0.25, 0.3) is 10.0 Å². The van der Waals surface area contributed by atoms with Gasteiger partial charge in [-0.1, -0.05) is 6.07 Å². The molecule has 1 heterocycles. The summed E-state index contributed by atoms with van der Waals surface area (Å²) in [6, 6.07) is 5.12. The van der Waals surface area contributed by atoms with Crippen molar-refractivity contribution in [2.24, 2.45) is 0 Å². The number of aromatic nitrogens is 2. The fourth-order valence-electron chi connectivity index (χ4n) is 2.09. The van der Waals surface area contributed by atoms with Gasteiger partial charge in [-0.3, -0.25) is 9.82 Å². The Morgan fingerprint density at radius 2 is 1.95 bits per heavy atom. The van der Waals surface area contributed by atoms with Gasteiger partial charge in [-0.2, -0.15) is 5.10 Å². The van der Waals surface area contributed by atoms with Crippen molar-refractivity contribution in [3.05, 3.63) is 40.7 Å². The maximum atomic E-state index is 12.5. The lowest BCUT2D eigenvalue weighted by molar-refractivity contribution is 0.601. The summed E-state index contributed by atoms with van der Waals surface area (Å²) >= 11 is 0. The van der Waals surface area contributed by atoms with Crippen molar-refractivity contribution in [2.45, 2.75) is 32.2 Å². The molecule has 6 nitrogen and oxygen atoms in total. The molecule has 21 heavy (non-hydrogen) atoms. The molecule has 0 radical (unpaired) electrons. The third kappa shape index (κ3) is 3.25. The summed E-state index contributed by atoms with van der Waals surface area (Å²) in [5.74, 6) is 0. The maximum Gasteiger partial charge on any atom is 0.262 e. The molecule has 0 fully saturated rings. The van der Waals surface area contributed by atoms with Crippen molar-refractivity contribution >= 4 is 15.7 Å². The fourth-order valence-corrected chi connectivity index (χ4v) is 3.32. The van der Waals surface area contributed by atoms with Crippen LogP contribution in [0.4, 0.5) is 5.69 Å². The van der Waals surface area contributed by atoms with Gasteiger partial charge >= 0.3 is 0 Å². The molecule has 0 amide bonds. The van der Waals surface area contributed by atoms with E-state index in [1.54, 1.807) is 26.0 Å². The summed E-state index contributed by atoms with van der Waals surface area (Å²) < 4.78 is 27.6. The maximum absolute atomic E-state index is 12.5. The SMILES string of the molecule is CNCc1cc(S(=O)(=O)Nc2c(C)n[nH]c2C)ccc1C. The van der Waals surface area contributed by atoms with Crippen molar-refractivity contribution in [2.75, 3.05) is 11.8 Å². The zero-order valence-corrected chi connectivity index (χ0v) is 13.4. The van der Waals surface area contributed by atoms with Crippen LogP contribution >= 0.6 is 0 Å². The minimum atomic E-state index is -3.62. The summed E-state index contributed by atoms with van der Waals surface area (Å²) in [6.07, 6.45) is 0. The zero-order valence-electron chi connectivity index (χ0n) is 12.6. The van der Waals surface area contributed by atoms with Crippen molar-refractivity contribution in [3.8, 4) is 0 Å². The molecule has 3 N–H and O–H groups in total. The van der Waals surface area contributed by atoms with Gasteiger partial charge in [-0.25, -0.2) is 8.42 Å². The first-order valence-corrected chi connectivity index (χ1v) is 8.12. The Kier molecular flexibility index (Phi) is 4.34. The third-order valence-corrected chi connectivity index (χ3v) is 4.71. The second kappa shape index (κ2) is 5.87. The van der Waals surface area contributed by atoms with E-state index in [1.165, 1.54) is 0 Å². The standard InChI is InChI=1S/C14H20N4O2S/c1-9-5-6-13(7-12(9)8-15-4)21(19,20)18-14-10(2)16-17-11(14)3/h5-7,15,18H,8H2,1-4H3,(H,16,17). The molecule has 7 heteroatoms. The number of hydrogen-bond donors (Lipinski definition) is 3. The Morgan fingerprint density at radius 3 is 2.52 bits per heavy atom. The van der Waals surface area contributed by atoms with Crippen LogP contribution in [0.1, 0.15) is 22.5 Å². The van der Waals surface area contributed by atoms with E-state index < -0.39 is 10.0 Å². The van der Waals surface area contributed by atoms with Crippen molar-refractivity contribution in [1.82, 2.24) is 15.5 Å². The van der Waals surface area contributed by atoms with Crippen LogP contribution < -0.4 is 10.0 Å². The number of anilines is 1. The molecule has 0 unspecified atom stereocenters. The molecule has 2 aromatic rings. The summed E-state index contributed by atoms with van der Waals surface area (Å²) in [4.78, 5) is 0.248. The average Bonchev–Trinajstić information content (AvgIpc) is 2.73. The third-order valence-electron chi connectivity index (χ3n) is 3.36. The molecule has 1 aromatic carbocycles. The zero-order chi connectivity index (χ0) is 15.6. The van der Waals surface area contributed by atoms with E-state index in [0.29, 0.717) is 23.6 Å². The monoisotopic (exact) mass is 308 g/mol. The number of aryl methyl sites for hydroxylation is 3. The molecule has 1 aromatic heterocycles. The highest BCUT2D eigenvalue weighted by atomic mass is 32.2. The molecule has 0 atom stereocenters. The van der Waals surface area contributed by atoms with Gasteiger partial charge in [0, 0.05) is 6.54 Å². The second-order valence-electron chi connectivity index (χ2n) is 5.03. The van der Waals surface area contributed by atoms with Crippen LogP contribution in [-0.2, 0) is 16.6 Å². The van der Waals surface area contributed by atoms with E-state index in [-0.39, 0.29) is 4.90 Å². The van der Waals surface area contributed by atoms with E-state index in [4.69, 9.17) is 0 Å². The molecule has 0 aliphatic heterocycles. The van der Waals surface area contributed by atoms with Gasteiger partial charge in [0.05, 0.1) is 22.0 Å². The number of H-pyrrole nitrogens is 1. The number of nitrogens with zero attached hydrogens (tertiary/aromatic N) is 1. The summed E-state index contributed by atoms with van der Waals surface area (Å²) in [5.41, 5.74) is 3.84. The lowest BCUT2D eigenvalue weighted by atomic mass is 10.1. The molecular formula is C14H20N4O2S. The second-order valence-corrected chi connectivity index (χ2v) is 6.72. The topological polar surface area (TPSA) is 86.9 Å². The lowest BCUT2D eigenvalue weighted by Crippen LogP contribution is -2.15. The molecule has 0 aliphatic rings. The largest absolute Gasteiger partial charge is 0.316 e. The van der Waals surface area contributed by atoms with E-state index in [0.717, 1.165) is 11.1 Å². The molecular weight excluding hydrogens is 288 g/mol. The summed E-state index contributed by atoms with van der Waals surface area (Å²) in [7, 11) is -1.79. The van der Waals surface area contributed by atoms with Crippen LogP contribution in [0.15, 0.2) is 23.1 Å². The van der Waals surface area contributed by atoms with E-state index in [1.807, 2.05) is 20.0 Å². The van der Waals surface area contributed by atoms with Gasteiger partial charge in [0.2, 0.25) is 0 Å². The van der Waals surface area contributed by atoms with Crippen LogP contribution in [-0.4, -0.2) is 25.7 Å². The summed E-state index contributed by atoms with van der Waals surface area (Å²) in [5, 5.41) is 9.80. The van der Waals surface area contributed by atoms with Crippen LogP contribution in [0.5, 0.6) is 0 Å². The van der Waals surface area contributed by atoms with Crippen molar-refractivity contribution in [1.29, 1.82) is 0 Å². The van der Waals surface area contributed by atoms with Gasteiger partial charge in [0.1, 0.15) is 0 Å². The quantitative estimate of drug-likeness (QED) is 0.787. The predicted molar refractivity (Wildman–Crippen MR) is 82.8 cm³/mol. The highest BCUT2D eigenvalue weighted by Gasteiger charge is 2.18. The van der Waals surface area contributed by atoms with Gasteiger partial charge < -0.3 is 5.32 Å². The van der Waals surface area contributed by atoms with E-state index >= 15 is 0 Å². The Hall–Kier alpha value is -1.86. The molecule has 0 saturated carbocycles. The number of aromatic amines is 1. The number of sulfonamides is 1. The Balaban J connectivity index is 2.38. The molecule has 114 valence electrons. The highest BCUT2D eigenvalue weighted by Crippen LogP contribution is 2.22. The molecule has 0 aliphatic carbocycles. The Labute approximate surface area is 125 Å². The van der Waals surface area contributed by atoms with Crippen molar-refractivity contribution < 1.29 is 8.42 Å². The molecule has 0 spiro atoms. The number of benzene rings is 1. The van der Waals surface area contributed by atoms with Gasteiger partial charge in [-0.15, -0.1) is 0 Å². The first kappa shape index (κ1) is 15.5. The number of hydrogen-bond acceptors (Lipinski definition) is 4. The van der Waals surface area contributed by atoms with Crippen LogP contribution in [0.2, 0.25) is 0 Å². The molecule has 0 bridgehead atoms. The van der Waals surface area contributed by atoms with Gasteiger partial charge in [0.15, 0.2) is 0 Å². The lowest BCUT2D eigenvalue weighted by Gasteiger charge is -2.11. The minimum Gasteiger partial charge on any atom is -0.316 e.